The summed E-state index contributed by atoms with van der Waals surface area (Å²) in [4.78, 5) is 30.5. The summed E-state index contributed by atoms with van der Waals surface area (Å²) in [6.45, 7) is 3.06. The fourth-order valence-corrected chi connectivity index (χ4v) is 3.71. The molecule has 6 nitrogen and oxygen atoms in total. The summed E-state index contributed by atoms with van der Waals surface area (Å²) in [5.74, 6) is -0.0254. The third-order valence-corrected chi connectivity index (χ3v) is 5.08. The quantitative estimate of drug-likeness (QED) is 0.929. The van der Waals surface area contributed by atoms with E-state index in [1.54, 1.807) is 17.2 Å². The molecule has 1 N–H and O–H groups in total. The Morgan fingerprint density at radius 1 is 1.43 bits per heavy atom. The summed E-state index contributed by atoms with van der Waals surface area (Å²) >= 11 is 1.44. The van der Waals surface area contributed by atoms with Gasteiger partial charge in [-0.2, -0.15) is 0 Å². The molecule has 0 radical (unpaired) electrons. The Hall–Kier alpha value is -2.15. The number of nitrogens with zero attached hydrogens (tertiary/aromatic N) is 2. The van der Waals surface area contributed by atoms with Crippen LogP contribution in [0.4, 0.5) is 0 Å². The van der Waals surface area contributed by atoms with E-state index in [9.17, 15) is 9.59 Å². The van der Waals surface area contributed by atoms with Gasteiger partial charge in [-0.15, -0.1) is 11.3 Å². The Bertz CT molecular complexity index is 700. The number of hydrogen-bond donors (Lipinski definition) is 1. The predicted molar refractivity (Wildman–Crippen MR) is 85.4 cm³/mol. The second-order valence-electron chi connectivity index (χ2n) is 5.73. The summed E-state index contributed by atoms with van der Waals surface area (Å²) in [6.07, 6.45) is 3.22. The number of piperidine rings is 1. The first-order valence-electron chi connectivity index (χ1n) is 7.57. The molecule has 0 saturated carbocycles. The van der Waals surface area contributed by atoms with Gasteiger partial charge in [-0.3, -0.25) is 9.59 Å². The first-order chi connectivity index (χ1) is 11.0. The molecule has 7 heteroatoms. The number of aliphatic carboxylic acids is 1. The van der Waals surface area contributed by atoms with E-state index in [0.29, 0.717) is 29.6 Å². The normalized spacial score (nSPS) is 15.8. The van der Waals surface area contributed by atoms with Crippen LogP contribution in [0.15, 0.2) is 22.8 Å². The number of amides is 1. The average Bonchev–Trinajstić information content (AvgIpc) is 3.16. The van der Waals surface area contributed by atoms with Crippen molar-refractivity contribution in [3.63, 3.8) is 0 Å². The second-order valence-corrected chi connectivity index (χ2v) is 6.94. The first-order valence-corrected chi connectivity index (χ1v) is 8.38. The van der Waals surface area contributed by atoms with Gasteiger partial charge >= 0.3 is 5.97 Å². The molecule has 2 aromatic rings. The number of carboxylic acids is 1. The molecule has 122 valence electrons. The summed E-state index contributed by atoms with van der Waals surface area (Å²) in [6, 6.07) is 3.62. The molecule has 1 aliphatic rings. The van der Waals surface area contributed by atoms with Gasteiger partial charge in [0.15, 0.2) is 10.8 Å². The molecule has 1 aliphatic heterocycles. The van der Waals surface area contributed by atoms with Crippen LogP contribution in [0.5, 0.6) is 0 Å². The predicted octanol–water partition coefficient (Wildman–Crippen LogP) is 3.04. The maximum absolute atomic E-state index is 12.7. The van der Waals surface area contributed by atoms with Gasteiger partial charge < -0.3 is 14.4 Å². The molecular weight excluding hydrogens is 316 g/mol. The van der Waals surface area contributed by atoms with Crippen LogP contribution in [0.2, 0.25) is 0 Å². The minimum absolute atomic E-state index is 0.0784. The Morgan fingerprint density at radius 3 is 2.78 bits per heavy atom. The molecule has 1 amide bonds. The van der Waals surface area contributed by atoms with Crippen molar-refractivity contribution in [3.05, 3.63) is 29.0 Å². The van der Waals surface area contributed by atoms with Crippen molar-refractivity contribution in [2.45, 2.75) is 26.2 Å². The fraction of sp³-hybridized carbons (Fsp3) is 0.438. The van der Waals surface area contributed by atoms with E-state index in [2.05, 4.69) is 4.98 Å². The summed E-state index contributed by atoms with van der Waals surface area (Å²) in [5.41, 5.74) is 0.470. The largest absolute Gasteiger partial charge is 0.481 e. The molecule has 3 heterocycles. The maximum Gasteiger partial charge on any atom is 0.303 e. The average molecular weight is 334 g/mol. The van der Waals surface area contributed by atoms with Crippen molar-refractivity contribution in [2.75, 3.05) is 13.1 Å². The van der Waals surface area contributed by atoms with Crippen molar-refractivity contribution in [3.8, 4) is 10.8 Å². The standard InChI is InChI=1S/C16H18N2O4S/c1-10-14(17-15(23-10)12-3-2-8-22-12)16(21)18-6-4-11(5-7-18)9-13(19)20/h2-3,8,11H,4-7,9H2,1H3,(H,19,20). The van der Waals surface area contributed by atoms with Crippen LogP contribution < -0.4 is 0 Å². The Morgan fingerprint density at radius 2 is 2.17 bits per heavy atom. The zero-order chi connectivity index (χ0) is 16.4. The molecule has 3 rings (SSSR count). The molecule has 1 fully saturated rings. The van der Waals surface area contributed by atoms with Gasteiger partial charge in [0.25, 0.3) is 5.91 Å². The Balaban J connectivity index is 1.68. The number of aryl methyl sites for hydroxylation is 1. The lowest BCUT2D eigenvalue weighted by atomic mass is 9.93. The molecule has 0 bridgehead atoms. The van der Waals surface area contributed by atoms with Crippen molar-refractivity contribution in [1.29, 1.82) is 0 Å². The highest BCUT2D eigenvalue weighted by molar-refractivity contribution is 7.15. The Kier molecular flexibility index (Phi) is 4.47. The second kappa shape index (κ2) is 6.54. The van der Waals surface area contributed by atoms with Gasteiger partial charge in [0.1, 0.15) is 5.69 Å². The molecule has 0 spiro atoms. The molecule has 0 aliphatic carbocycles. The number of hydrogen-bond acceptors (Lipinski definition) is 5. The van der Waals surface area contributed by atoms with Gasteiger partial charge in [-0.1, -0.05) is 0 Å². The summed E-state index contributed by atoms with van der Waals surface area (Å²) in [5, 5.41) is 9.56. The van der Waals surface area contributed by atoms with Crippen LogP contribution in [0.3, 0.4) is 0 Å². The fourth-order valence-electron chi connectivity index (χ4n) is 2.84. The van der Waals surface area contributed by atoms with Gasteiger partial charge in [0.05, 0.1) is 6.26 Å². The van der Waals surface area contributed by atoms with Crippen molar-refractivity contribution in [1.82, 2.24) is 9.88 Å². The lowest BCUT2D eigenvalue weighted by Gasteiger charge is -2.31. The maximum atomic E-state index is 12.7. The summed E-state index contributed by atoms with van der Waals surface area (Å²) < 4.78 is 5.33. The number of thiazole rings is 1. The van der Waals surface area contributed by atoms with E-state index in [-0.39, 0.29) is 18.2 Å². The van der Waals surface area contributed by atoms with Crippen molar-refractivity contribution in [2.24, 2.45) is 5.92 Å². The number of furan rings is 1. The van der Waals surface area contributed by atoms with Gasteiger partial charge in [-0.05, 0) is 37.8 Å². The lowest BCUT2D eigenvalue weighted by molar-refractivity contribution is -0.138. The molecule has 0 aromatic carbocycles. The van der Waals surface area contributed by atoms with E-state index >= 15 is 0 Å². The number of carboxylic acid groups (broad SMARTS) is 1. The third-order valence-electron chi connectivity index (χ3n) is 4.10. The molecule has 2 aromatic heterocycles. The smallest absolute Gasteiger partial charge is 0.303 e. The van der Waals surface area contributed by atoms with Crippen LogP contribution >= 0.6 is 11.3 Å². The van der Waals surface area contributed by atoms with Gasteiger partial charge in [-0.25, -0.2) is 4.98 Å². The highest BCUT2D eigenvalue weighted by Gasteiger charge is 2.27. The number of likely N-dealkylation sites (tertiary alicyclic amines) is 1. The van der Waals surface area contributed by atoms with Crippen molar-refractivity contribution >= 4 is 23.2 Å². The minimum atomic E-state index is -0.770. The number of carbonyl (C=O) groups excluding carboxylic acids is 1. The molecule has 1 saturated heterocycles. The van der Waals surface area contributed by atoms with E-state index < -0.39 is 5.97 Å². The van der Waals surface area contributed by atoms with E-state index in [0.717, 1.165) is 17.7 Å². The Labute approximate surface area is 137 Å². The first kappa shape index (κ1) is 15.7. The highest BCUT2D eigenvalue weighted by atomic mass is 32.1. The molecule has 0 unspecified atom stereocenters. The van der Waals surface area contributed by atoms with Gasteiger partial charge in [0.2, 0.25) is 0 Å². The minimum Gasteiger partial charge on any atom is -0.481 e. The van der Waals surface area contributed by atoms with Gasteiger partial charge in [0, 0.05) is 24.4 Å². The highest BCUT2D eigenvalue weighted by Crippen LogP contribution is 2.29. The van der Waals surface area contributed by atoms with E-state index in [1.807, 2.05) is 13.0 Å². The molecule has 23 heavy (non-hydrogen) atoms. The van der Waals surface area contributed by atoms with Crippen LogP contribution in [-0.2, 0) is 4.79 Å². The lowest BCUT2D eigenvalue weighted by Crippen LogP contribution is -2.39. The van der Waals surface area contributed by atoms with E-state index in [1.165, 1.54) is 11.3 Å². The summed E-state index contributed by atoms with van der Waals surface area (Å²) in [7, 11) is 0. The number of rotatable bonds is 4. The van der Waals surface area contributed by atoms with Crippen LogP contribution in [0.1, 0.15) is 34.6 Å². The molecular formula is C16H18N2O4S. The SMILES string of the molecule is Cc1sc(-c2ccco2)nc1C(=O)N1CCC(CC(=O)O)CC1. The zero-order valence-electron chi connectivity index (χ0n) is 12.8. The molecule has 0 atom stereocenters. The van der Waals surface area contributed by atoms with Crippen LogP contribution in [-0.4, -0.2) is 40.0 Å². The van der Waals surface area contributed by atoms with E-state index in [4.69, 9.17) is 9.52 Å². The van der Waals surface area contributed by atoms with Crippen LogP contribution in [0, 0.1) is 12.8 Å². The number of aromatic nitrogens is 1. The van der Waals surface area contributed by atoms with Crippen LogP contribution in [0.25, 0.3) is 10.8 Å². The van der Waals surface area contributed by atoms with Crippen molar-refractivity contribution < 1.29 is 19.1 Å². The topological polar surface area (TPSA) is 83.6 Å². The number of carbonyl (C=O) groups is 2. The monoisotopic (exact) mass is 334 g/mol. The zero-order valence-corrected chi connectivity index (χ0v) is 13.6. The third kappa shape index (κ3) is 3.44.